The number of hydrogen-bond acceptors (Lipinski definition) is 5. The van der Waals surface area contributed by atoms with E-state index in [0.717, 1.165) is 25.7 Å². The molecule has 3 unspecified atom stereocenters. The van der Waals surface area contributed by atoms with Crippen molar-refractivity contribution in [2.75, 3.05) is 5.43 Å². The molecule has 1 saturated carbocycles. The third kappa shape index (κ3) is 3.93. The second-order valence-corrected chi connectivity index (χ2v) is 9.06. The third-order valence-corrected chi connectivity index (χ3v) is 7.12. The van der Waals surface area contributed by atoms with Crippen molar-refractivity contribution in [1.82, 2.24) is 19.9 Å². The lowest BCUT2D eigenvalue weighted by Crippen LogP contribution is -2.51. The molecule has 1 aromatic heterocycles. The van der Waals surface area contributed by atoms with Crippen LogP contribution in [0.2, 0.25) is 0 Å². The van der Waals surface area contributed by atoms with Gasteiger partial charge in [-0.25, -0.2) is 4.98 Å². The average molecular weight is 460 g/mol. The first-order chi connectivity index (χ1) is 16.6. The van der Waals surface area contributed by atoms with Gasteiger partial charge in [0.05, 0.1) is 10.9 Å². The second kappa shape index (κ2) is 9.29. The predicted octanol–water partition coefficient (Wildman–Crippen LogP) is 3.33. The van der Waals surface area contributed by atoms with E-state index in [0.29, 0.717) is 35.3 Å². The Hall–Kier alpha value is -3.68. The van der Waals surface area contributed by atoms with Crippen LogP contribution in [-0.2, 0) is 11.3 Å². The van der Waals surface area contributed by atoms with Crippen LogP contribution in [0.15, 0.2) is 59.4 Å². The first kappa shape index (κ1) is 22.1. The molecule has 34 heavy (non-hydrogen) atoms. The Labute approximate surface area is 198 Å². The summed E-state index contributed by atoms with van der Waals surface area (Å²) in [7, 11) is 0. The minimum atomic E-state index is -0.574. The summed E-state index contributed by atoms with van der Waals surface area (Å²) >= 11 is 0. The number of likely N-dealkylation sites (tertiary alicyclic amines) is 1. The van der Waals surface area contributed by atoms with Gasteiger partial charge in [0.25, 0.3) is 17.4 Å². The van der Waals surface area contributed by atoms with Crippen LogP contribution in [0.3, 0.4) is 0 Å². The van der Waals surface area contributed by atoms with Gasteiger partial charge in [-0.15, -0.1) is 0 Å². The van der Waals surface area contributed by atoms with E-state index >= 15 is 0 Å². The zero-order valence-electron chi connectivity index (χ0n) is 19.2. The summed E-state index contributed by atoms with van der Waals surface area (Å²) in [5.74, 6) is 0.203. The number of nitrogens with zero attached hydrogens (tertiary/aromatic N) is 3. The maximum atomic E-state index is 13.5. The Bertz CT molecular complexity index is 1270. The number of aromatic nitrogens is 2. The number of fused-ring (bicyclic) bond motifs is 2. The van der Waals surface area contributed by atoms with Gasteiger partial charge in [0.15, 0.2) is 0 Å². The number of carbonyl (C=O) groups is 2. The SMILES string of the molecule is CCn1c(NNC(=O)C2CC3CCCCC3N2C(=O)c2ccccc2)nc2ccccc2c1=O. The van der Waals surface area contributed by atoms with Gasteiger partial charge < -0.3 is 4.90 Å². The lowest BCUT2D eigenvalue weighted by Gasteiger charge is -2.33. The summed E-state index contributed by atoms with van der Waals surface area (Å²) < 4.78 is 1.49. The molecule has 8 nitrogen and oxygen atoms in total. The fourth-order valence-electron chi connectivity index (χ4n) is 5.47. The maximum Gasteiger partial charge on any atom is 0.262 e. The summed E-state index contributed by atoms with van der Waals surface area (Å²) in [5.41, 5.74) is 6.60. The quantitative estimate of drug-likeness (QED) is 0.571. The molecular weight excluding hydrogens is 430 g/mol. The van der Waals surface area contributed by atoms with E-state index in [-0.39, 0.29) is 29.4 Å². The standard InChI is InChI=1S/C26H29N5O3/c1-2-30-25(34)19-13-7-8-14-20(19)27-26(30)29-28-23(32)22-16-18-12-6-9-15-21(18)31(22)24(33)17-10-4-3-5-11-17/h3-5,7-8,10-11,13-14,18,21-22H,2,6,9,12,15-16H2,1H3,(H,27,29)(H,28,32). The first-order valence-electron chi connectivity index (χ1n) is 12.0. The van der Waals surface area contributed by atoms with E-state index in [9.17, 15) is 14.4 Å². The van der Waals surface area contributed by atoms with Crippen molar-refractivity contribution < 1.29 is 9.59 Å². The first-order valence-corrected chi connectivity index (χ1v) is 12.0. The van der Waals surface area contributed by atoms with Crippen molar-refractivity contribution in [3.63, 3.8) is 0 Å². The molecule has 2 aliphatic rings. The van der Waals surface area contributed by atoms with Gasteiger partial charge in [-0.3, -0.25) is 29.8 Å². The van der Waals surface area contributed by atoms with Crippen LogP contribution in [0.5, 0.6) is 0 Å². The van der Waals surface area contributed by atoms with Crippen LogP contribution in [0.4, 0.5) is 5.95 Å². The Morgan fingerprint density at radius 1 is 1.03 bits per heavy atom. The molecule has 1 aliphatic heterocycles. The number of hydrogen-bond donors (Lipinski definition) is 2. The lowest BCUT2D eigenvalue weighted by atomic mass is 9.84. The zero-order valence-corrected chi connectivity index (χ0v) is 19.2. The number of amides is 2. The Morgan fingerprint density at radius 3 is 2.56 bits per heavy atom. The third-order valence-electron chi connectivity index (χ3n) is 7.12. The van der Waals surface area contributed by atoms with E-state index < -0.39 is 6.04 Å². The molecular formula is C26H29N5O3. The molecule has 3 atom stereocenters. The van der Waals surface area contributed by atoms with Crippen molar-refractivity contribution in [3.05, 3.63) is 70.5 Å². The molecule has 176 valence electrons. The second-order valence-electron chi connectivity index (χ2n) is 9.06. The maximum absolute atomic E-state index is 13.5. The highest BCUT2D eigenvalue weighted by atomic mass is 16.2. The molecule has 2 amide bonds. The van der Waals surface area contributed by atoms with Crippen molar-refractivity contribution >= 4 is 28.7 Å². The molecule has 0 radical (unpaired) electrons. The summed E-state index contributed by atoms with van der Waals surface area (Å²) in [6, 6.07) is 15.8. The minimum absolute atomic E-state index is 0.0739. The Balaban J connectivity index is 1.40. The summed E-state index contributed by atoms with van der Waals surface area (Å²) in [4.78, 5) is 46.0. The van der Waals surface area contributed by atoms with Crippen LogP contribution in [-0.4, -0.2) is 38.3 Å². The van der Waals surface area contributed by atoms with Gasteiger partial charge in [-0.2, -0.15) is 0 Å². The fraction of sp³-hybridized carbons (Fsp3) is 0.385. The van der Waals surface area contributed by atoms with Gasteiger partial charge in [0.2, 0.25) is 5.95 Å². The molecule has 2 heterocycles. The highest BCUT2D eigenvalue weighted by Gasteiger charge is 2.47. The molecule has 5 rings (SSSR count). The molecule has 2 N–H and O–H groups in total. The number of para-hydroxylation sites is 1. The number of anilines is 1. The topological polar surface area (TPSA) is 96.3 Å². The molecule has 2 aromatic carbocycles. The van der Waals surface area contributed by atoms with E-state index in [2.05, 4.69) is 15.8 Å². The van der Waals surface area contributed by atoms with Gasteiger partial charge in [0, 0.05) is 18.2 Å². The van der Waals surface area contributed by atoms with E-state index in [1.165, 1.54) is 4.57 Å². The van der Waals surface area contributed by atoms with Gasteiger partial charge in [-0.05, 0) is 56.4 Å². The normalized spacial score (nSPS) is 21.8. The van der Waals surface area contributed by atoms with Crippen LogP contribution in [0, 0.1) is 5.92 Å². The highest BCUT2D eigenvalue weighted by Crippen LogP contribution is 2.40. The molecule has 0 bridgehead atoms. The summed E-state index contributed by atoms with van der Waals surface area (Å²) in [6.45, 7) is 2.26. The van der Waals surface area contributed by atoms with Crippen molar-refractivity contribution in [1.29, 1.82) is 0 Å². The number of hydrazine groups is 1. The molecule has 1 aliphatic carbocycles. The highest BCUT2D eigenvalue weighted by molar-refractivity contribution is 5.98. The largest absolute Gasteiger partial charge is 0.323 e. The fourth-order valence-corrected chi connectivity index (χ4v) is 5.47. The van der Waals surface area contributed by atoms with Crippen molar-refractivity contribution in [2.24, 2.45) is 5.92 Å². The molecule has 2 fully saturated rings. The van der Waals surface area contributed by atoms with Crippen LogP contribution < -0.4 is 16.4 Å². The summed E-state index contributed by atoms with van der Waals surface area (Å²) in [5, 5.41) is 0.528. The molecule has 0 spiro atoms. The van der Waals surface area contributed by atoms with E-state index in [1.54, 1.807) is 35.2 Å². The summed E-state index contributed by atoms with van der Waals surface area (Å²) in [6.07, 6.45) is 4.79. The Morgan fingerprint density at radius 2 is 1.76 bits per heavy atom. The van der Waals surface area contributed by atoms with E-state index in [4.69, 9.17) is 0 Å². The number of benzene rings is 2. The zero-order chi connectivity index (χ0) is 23.7. The average Bonchev–Trinajstić information content (AvgIpc) is 3.27. The smallest absolute Gasteiger partial charge is 0.262 e. The van der Waals surface area contributed by atoms with Gasteiger partial charge >= 0.3 is 0 Å². The Kier molecular flexibility index (Phi) is 6.04. The van der Waals surface area contributed by atoms with Gasteiger partial charge in [-0.1, -0.05) is 43.2 Å². The number of nitrogens with one attached hydrogen (secondary N) is 2. The molecule has 8 heteroatoms. The van der Waals surface area contributed by atoms with Crippen LogP contribution >= 0.6 is 0 Å². The number of rotatable bonds is 5. The van der Waals surface area contributed by atoms with E-state index in [1.807, 2.05) is 31.2 Å². The molecule has 3 aromatic rings. The molecule has 1 saturated heterocycles. The predicted molar refractivity (Wildman–Crippen MR) is 130 cm³/mol. The van der Waals surface area contributed by atoms with Crippen LogP contribution in [0.1, 0.15) is 49.4 Å². The number of carbonyl (C=O) groups excluding carboxylic acids is 2. The minimum Gasteiger partial charge on any atom is -0.323 e. The van der Waals surface area contributed by atoms with Crippen LogP contribution in [0.25, 0.3) is 10.9 Å². The monoisotopic (exact) mass is 459 g/mol. The van der Waals surface area contributed by atoms with Crippen molar-refractivity contribution in [3.8, 4) is 0 Å². The van der Waals surface area contributed by atoms with Gasteiger partial charge in [0.1, 0.15) is 6.04 Å². The lowest BCUT2D eigenvalue weighted by molar-refractivity contribution is -0.124. The van der Waals surface area contributed by atoms with Crippen molar-refractivity contribution in [2.45, 2.75) is 57.7 Å².